The van der Waals surface area contributed by atoms with E-state index in [1.807, 2.05) is 0 Å². The fourth-order valence-corrected chi connectivity index (χ4v) is 7.28. The van der Waals surface area contributed by atoms with Gasteiger partial charge >= 0.3 is 17.9 Å². The second kappa shape index (κ2) is 42.0. The first-order valence-corrected chi connectivity index (χ1v) is 24.2. The van der Waals surface area contributed by atoms with E-state index in [1.165, 1.54) is 154 Å². The normalized spacial score (nSPS) is 12.1. The van der Waals surface area contributed by atoms with E-state index < -0.39 is 6.10 Å². The van der Waals surface area contributed by atoms with Crippen molar-refractivity contribution in [3.63, 3.8) is 0 Å². The van der Waals surface area contributed by atoms with Crippen LogP contribution in [0.2, 0.25) is 0 Å². The van der Waals surface area contributed by atoms with Gasteiger partial charge in [0.1, 0.15) is 13.2 Å². The Morgan fingerprint density at radius 2 is 0.600 bits per heavy atom. The second-order valence-electron chi connectivity index (χ2n) is 17.7. The van der Waals surface area contributed by atoms with Crippen LogP contribution in [0.5, 0.6) is 0 Å². The minimum atomic E-state index is -0.761. The molecule has 0 fully saturated rings. The first kappa shape index (κ1) is 53.4. The molecule has 0 heterocycles. The maximum atomic E-state index is 12.7. The number of rotatable bonds is 43. The number of hydrogen-bond acceptors (Lipinski definition) is 6. The molecule has 0 N–H and O–H groups in total. The number of hydrogen-bond donors (Lipinski definition) is 0. The van der Waals surface area contributed by atoms with Crippen molar-refractivity contribution >= 4 is 17.9 Å². The zero-order chi connectivity index (χ0) is 40.5. The van der Waals surface area contributed by atoms with Crippen molar-refractivity contribution in [2.45, 2.75) is 272 Å². The van der Waals surface area contributed by atoms with Gasteiger partial charge in [-0.3, -0.25) is 14.4 Å². The van der Waals surface area contributed by atoms with Crippen molar-refractivity contribution in [1.29, 1.82) is 0 Å². The molecular weight excluding hydrogens is 685 g/mol. The van der Waals surface area contributed by atoms with Gasteiger partial charge < -0.3 is 14.2 Å². The Kier molecular flexibility index (Phi) is 40.8. The molecule has 0 bridgehead atoms. The monoisotopic (exact) mass is 779 g/mol. The summed E-state index contributed by atoms with van der Waals surface area (Å²) in [5.41, 5.74) is 0. The highest BCUT2D eigenvalue weighted by Crippen LogP contribution is 2.17. The molecule has 326 valence electrons. The summed E-state index contributed by atoms with van der Waals surface area (Å²) >= 11 is 0. The average Bonchev–Trinajstić information content (AvgIpc) is 3.15. The molecule has 0 aromatic rings. The minimum absolute atomic E-state index is 0.0655. The van der Waals surface area contributed by atoms with Gasteiger partial charge in [-0.05, 0) is 31.1 Å². The summed E-state index contributed by atoms with van der Waals surface area (Å²) in [7, 11) is 0. The lowest BCUT2D eigenvalue weighted by Crippen LogP contribution is -2.30. The number of carbonyl (C=O) groups is 3. The third kappa shape index (κ3) is 43.4. The van der Waals surface area contributed by atoms with Crippen molar-refractivity contribution in [3.8, 4) is 0 Å². The molecule has 55 heavy (non-hydrogen) atoms. The molecule has 0 aliphatic rings. The van der Waals surface area contributed by atoms with E-state index in [4.69, 9.17) is 14.2 Å². The Bertz CT molecular complexity index is 839. The molecule has 1 atom stereocenters. The summed E-state index contributed by atoms with van der Waals surface area (Å²) in [4.78, 5) is 37.7. The quantitative estimate of drug-likeness (QED) is 0.0348. The molecule has 0 aromatic carbocycles. The number of esters is 3. The van der Waals surface area contributed by atoms with Crippen LogP contribution in [0, 0.1) is 11.8 Å². The third-order valence-electron chi connectivity index (χ3n) is 11.0. The second-order valence-corrected chi connectivity index (χ2v) is 17.7. The third-order valence-corrected chi connectivity index (χ3v) is 11.0. The lowest BCUT2D eigenvalue weighted by atomic mass is 10.0. The molecule has 0 spiro atoms. The summed E-state index contributed by atoms with van der Waals surface area (Å²) in [6.07, 6.45) is 41.1. The average molecular weight is 779 g/mol. The van der Waals surface area contributed by atoms with Gasteiger partial charge in [0, 0.05) is 19.3 Å². The molecule has 0 saturated carbocycles. The minimum Gasteiger partial charge on any atom is -0.462 e. The Hall–Kier alpha value is -1.59. The van der Waals surface area contributed by atoms with Crippen LogP contribution in [0.3, 0.4) is 0 Å². The van der Waals surface area contributed by atoms with Crippen LogP contribution in [-0.4, -0.2) is 37.2 Å². The summed E-state index contributed by atoms with van der Waals surface area (Å²) in [5, 5.41) is 0. The number of ether oxygens (including phenoxy) is 3. The predicted molar refractivity (Wildman–Crippen MR) is 233 cm³/mol. The van der Waals surface area contributed by atoms with Crippen LogP contribution in [0.1, 0.15) is 266 Å². The summed E-state index contributed by atoms with van der Waals surface area (Å²) in [6.45, 7) is 11.3. The lowest BCUT2D eigenvalue weighted by molar-refractivity contribution is -0.167. The van der Waals surface area contributed by atoms with E-state index in [0.717, 1.165) is 69.6 Å². The highest BCUT2D eigenvalue weighted by Gasteiger charge is 2.19. The van der Waals surface area contributed by atoms with Crippen molar-refractivity contribution in [2.75, 3.05) is 13.2 Å². The van der Waals surface area contributed by atoms with Crippen LogP contribution in [0.4, 0.5) is 0 Å². The smallest absolute Gasteiger partial charge is 0.306 e. The molecule has 0 amide bonds. The van der Waals surface area contributed by atoms with Gasteiger partial charge in [-0.2, -0.15) is 0 Å². The van der Waals surface area contributed by atoms with E-state index in [0.29, 0.717) is 19.3 Å². The molecule has 0 unspecified atom stereocenters. The van der Waals surface area contributed by atoms with Crippen molar-refractivity contribution < 1.29 is 28.6 Å². The molecule has 0 radical (unpaired) electrons. The molecule has 0 aromatic heterocycles. The Morgan fingerprint density at radius 1 is 0.345 bits per heavy atom. The van der Waals surface area contributed by atoms with E-state index in [-0.39, 0.29) is 31.1 Å². The van der Waals surface area contributed by atoms with Crippen LogP contribution in [0.15, 0.2) is 0 Å². The standard InChI is InChI=1S/C49H94O6/c1-6-7-8-9-10-11-12-13-14-15-16-17-18-19-24-29-34-39-47(50)53-42-46(55-49(52)41-36-31-26-21-23-28-33-38-45(4)5)43-54-48(51)40-35-30-25-20-22-27-32-37-44(2)3/h44-46H,6-43H2,1-5H3/t46-/m0/s1. The topological polar surface area (TPSA) is 78.9 Å². The predicted octanol–water partition coefficient (Wildman–Crippen LogP) is 15.4. The van der Waals surface area contributed by atoms with E-state index in [9.17, 15) is 14.4 Å². The fraction of sp³-hybridized carbons (Fsp3) is 0.939. The van der Waals surface area contributed by atoms with E-state index >= 15 is 0 Å². The van der Waals surface area contributed by atoms with Gasteiger partial charge in [0.05, 0.1) is 0 Å². The zero-order valence-corrected chi connectivity index (χ0v) is 37.6. The van der Waals surface area contributed by atoms with Crippen LogP contribution in [0.25, 0.3) is 0 Å². The van der Waals surface area contributed by atoms with Crippen molar-refractivity contribution in [1.82, 2.24) is 0 Å². The van der Waals surface area contributed by atoms with Crippen molar-refractivity contribution in [2.24, 2.45) is 11.8 Å². The molecule has 0 rings (SSSR count). The van der Waals surface area contributed by atoms with Gasteiger partial charge in [0.2, 0.25) is 0 Å². The Labute approximate surface area is 342 Å². The molecule has 6 heteroatoms. The highest BCUT2D eigenvalue weighted by atomic mass is 16.6. The first-order valence-electron chi connectivity index (χ1n) is 24.2. The molecule has 0 aliphatic carbocycles. The fourth-order valence-electron chi connectivity index (χ4n) is 7.28. The van der Waals surface area contributed by atoms with Crippen LogP contribution < -0.4 is 0 Å². The number of unbranched alkanes of at least 4 members (excludes halogenated alkanes) is 28. The zero-order valence-electron chi connectivity index (χ0n) is 37.6. The molecule has 0 saturated heterocycles. The molecular formula is C49H94O6. The van der Waals surface area contributed by atoms with Crippen molar-refractivity contribution in [3.05, 3.63) is 0 Å². The maximum absolute atomic E-state index is 12.7. The van der Waals surface area contributed by atoms with Gasteiger partial charge in [0.15, 0.2) is 6.10 Å². The lowest BCUT2D eigenvalue weighted by Gasteiger charge is -2.18. The Balaban J connectivity index is 4.25. The maximum Gasteiger partial charge on any atom is 0.306 e. The van der Waals surface area contributed by atoms with Crippen LogP contribution in [-0.2, 0) is 28.6 Å². The first-order chi connectivity index (χ1) is 26.7. The largest absolute Gasteiger partial charge is 0.462 e. The SMILES string of the molecule is CCCCCCCCCCCCCCCCCCCC(=O)OC[C@@H](COC(=O)CCCCCCCCCC(C)C)OC(=O)CCCCCCCCCC(C)C. The van der Waals surface area contributed by atoms with Gasteiger partial charge in [-0.1, -0.05) is 227 Å². The Morgan fingerprint density at radius 3 is 0.891 bits per heavy atom. The van der Waals surface area contributed by atoms with Crippen LogP contribution >= 0.6 is 0 Å². The number of carbonyl (C=O) groups excluding carboxylic acids is 3. The molecule has 0 aliphatic heterocycles. The van der Waals surface area contributed by atoms with Gasteiger partial charge in [-0.25, -0.2) is 0 Å². The summed E-state index contributed by atoms with van der Waals surface area (Å²) in [6, 6.07) is 0. The van der Waals surface area contributed by atoms with Gasteiger partial charge in [-0.15, -0.1) is 0 Å². The van der Waals surface area contributed by atoms with E-state index in [2.05, 4.69) is 34.6 Å². The summed E-state index contributed by atoms with van der Waals surface area (Å²) in [5.74, 6) is 0.700. The molecule has 6 nitrogen and oxygen atoms in total. The van der Waals surface area contributed by atoms with Gasteiger partial charge in [0.25, 0.3) is 0 Å². The van der Waals surface area contributed by atoms with E-state index in [1.54, 1.807) is 0 Å². The summed E-state index contributed by atoms with van der Waals surface area (Å²) < 4.78 is 16.7. The highest BCUT2D eigenvalue weighted by molar-refractivity contribution is 5.71.